The van der Waals surface area contributed by atoms with Crippen LogP contribution in [0.5, 0.6) is 0 Å². The van der Waals surface area contributed by atoms with Crippen LogP contribution < -0.4 is 11.1 Å². The van der Waals surface area contributed by atoms with Gasteiger partial charge in [-0.3, -0.25) is 4.79 Å². The average Bonchev–Trinajstić information content (AvgIpc) is 2.60. The monoisotopic (exact) mass is 368 g/mol. The SMILES string of the molecule is CCCc1ccc(S(=O)(=O)N2CCN(C(=O)CNC(N)=O)CC2)cc1. The van der Waals surface area contributed by atoms with E-state index in [-0.39, 0.29) is 43.5 Å². The molecule has 0 bridgehead atoms. The highest BCUT2D eigenvalue weighted by Crippen LogP contribution is 2.18. The van der Waals surface area contributed by atoms with Crippen molar-refractivity contribution in [3.63, 3.8) is 0 Å². The highest BCUT2D eigenvalue weighted by atomic mass is 32.2. The van der Waals surface area contributed by atoms with Crippen molar-refractivity contribution >= 4 is 22.0 Å². The Labute approximate surface area is 148 Å². The second-order valence-electron chi connectivity index (χ2n) is 5.90. The first-order valence-corrected chi connectivity index (χ1v) is 9.68. The topological polar surface area (TPSA) is 113 Å². The summed E-state index contributed by atoms with van der Waals surface area (Å²) in [6.07, 6.45) is 1.92. The summed E-state index contributed by atoms with van der Waals surface area (Å²) in [5.74, 6) is -0.278. The molecule has 1 aliphatic heterocycles. The molecule has 1 fully saturated rings. The van der Waals surface area contributed by atoms with Gasteiger partial charge in [-0.15, -0.1) is 0 Å². The third-order valence-electron chi connectivity index (χ3n) is 4.10. The molecule has 0 saturated carbocycles. The second kappa shape index (κ2) is 8.30. The molecule has 1 aromatic carbocycles. The van der Waals surface area contributed by atoms with Crippen molar-refractivity contribution in [3.8, 4) is 0 Å². The summed E-state index contributed by atoms with van der Waals surface area (Å²) in [7, 11) is -3.56. The lowest BCUT2D eigenvalue weighted by Crippen LogP contribution is -2.52. The van der Waals surface area contributed by atoms with E-state index in [1.54, 1.807) is 12.1 Å². The molecule has 3 amide bonds. The first-order chi connectivity index (χ1) is 11.8. The summed E-state index contributed by atoms with van der Waals surface area (Å²) >= 11 is 0. The molecule has 0 radical (unpaired) electrons. The number of urea groups is 1. The van der Waals surface area contributed by atoms with Crippen LogP contribution in [0.1, 0.15) is 18.9 Å². The zero-order chi connectivity index (χ0) is 18.4. The van der Waals surface area contributed by atoms with Crippen LogP contribution in [0.3, 0.4) is 0 Å². The first kappa shape index (κ1) is 19.2. The molecule has 1 heterocycles. The smallest absolute Gasteiger partial charge is 0.312 e. The van der Waals surface area contributed by atoms with Gasteiger partial charge in [0.1, 0.15) is 0 Å². The van der Waals surface area contributed by atoms with E-state index in [0.717, 1.165) is 18.4 Å². The fourth-order valence-electron chi connectivity index (χ4n) is 2.72. The van der Waals surface area contributed by atoms with E-state index < -0.39 is 16.1 Å². The number of hydrogen-bond donors (Lipinski definition) is 2. The number of nitrogens with two attached hydrogens (primary N) is 1. The maximum atomic E-state index is 12.7. The molecule has 138 valence electrons. The lowest BCUT2D eigenvalue weighted by atomic mass is 10.1. The number of hydrogen-bond acceptors (Lipinski definition) is 4. The number of primary amides is 1. The largest absolute Gasteiger partial charge is 0.352 e. The lowest BCUT2D eigenvalue weighted by Gasteiger charge is -2.34. The molecule has 0 unspecified atom stereocenters. The van der Waals surface area contributed by atoms with Gasteiger partial charge in [0.15, 0.2) is 0 Å². The highest BCUT2D eigenvalue weighted by molar-refractivity contribution is 7.89. The number of benzene rings is 1. The van der Waals surface area contributed by atoms with Crippen LogP contribution >= 0.6 is 0 Å². The van der Waals surface area contributed by atoms with E-state index in [1.807, 2.05) is 12.1 Å². The fraction of sp³-hybridized carbons (Fsp3) is 0.500. The highest BCUT2D eigenvalue weighted by Gasteiger charge is 2.29. The van der Waals surface area contributed by atoms with Gasteiger partial charge in [-0.1, -0.05) is 25.5 Å². The van der Waals surface area contributed by atoms with Crippen molar-refractivity contribution in [1.29, 1.82) is 0 Å². The lowest BCUT2D eigenvalue weighted by molar-refractivity contribution is -0.131. The van der Waals surface area contributed by atoms with E-state index in [0.29, 0.717) is 0 Å². The third kappa shape index (κ3) is 4.93. The summed E-state index contributed by atoms with van der Waals surface area (Å²) in [5.41, 5.74) is 6.05. The van der Waals surface area contributed by atoms with Gasteiger partial charge in [-0.25, -0.2) is 13.2 Å². The van der Waals surface area contributed by atoms with E-state index >= 15 is 0 Å². The number of carbonyl (C=O) groups is 2. The van der Waals surface area contributed by atoms with Crippen LogP contribution in [-0.2, 0) is 21.2 Å². The first-order valence-electron chi connectivity index (χ1n) is 8.24. The predicted octanol–water partition coefficient (Wildman–Crippen LogP) is 0.140. The second-order valence-corrected chi connectivity index (χ2v) is 7.83. The minimum atomic E-state index is -3.56. The predicted molar refractivity (Wildman–Crippen MR) is 93.4 cm³/mol. The van der Waals surface area contributed by atoms with Crippen LogP contribution in [0, 0.1) is 0 Å². The Balaban J connectivity index is 1.96. The number of nitrogens with zero attached hydrogens (tertiary/aromatic N) is 2. The van der Waals surface area contributed by atoms with Crippen molar-refractivity contribution in [2.45, 2.75) is 24.7 Å². The molecule has 8 nitrogen and oxygen atoms in total. The van der Waals surface area contributed by atoms with Gasteiger partial charge in [0.05, 0.1) is 11.4 Å². The molecule has 1 aliphatic rings. The Hall–Kier alpha value is -2.13. The molecule has 2 rings (SSSR count). The van der Waals surface area contributed by atoms with Gasteiger partial charge < -0.3 is 16.0 Å². The molecule has 3 N–H and O–H groups in total. The van der Waals surface area contributed by atoms with Crippen LogP contribution in [0.4, 0.5) is 4.79 Å². The number of rotatable bonds is 6. The van der Waals surface area contributed by atoms with Gasteiger partial charge in [0.2, 0.25) is 15.9 Å². The molecule has 9 heteroatoms. The van der Waals surface area contributed by atoms with Gasteiger partial charge in [0, 0.05) is 26.2 Å². The zero-order valence-electron chi connectivity index (χ0n) is 14.3. The molecule has 0 atom stereocenters. The zero-order valence-corrected chi connectivity index (χ0v) is 15.1. The van der Waals surface area contributed by atoms with Crippen molar-refractivity contribution in [3.05, 3.63) is 29.8 Å². The maximum absolute atomic E-state index is 12.7. The summed E-state index contributed by atoms with van der Waals surface area (Å²) in [6.45, 7) is 2.91. The Morgan fingerprint density at radius 3 is 2.24 bits per heavy atom. The summed E-state index contributed by atoms with van der Waals surface area (Å²) in [5, 5.41) is 2.24. The molecular weight excluding hydrogens is 344 g/mol. The Morgan fingerprint density at radius 2 is 1.72 bits per heavy atom. The van der Waals surface area contributed by atoms with E-state index in [9.17, 15) is 18.0 Å². The van der Waals surface area contributed by atoms with E-state index in [2.05, 4.69) is 12.2 Å². The molecule has 0 spiro atoms. The molecule has 25 heavy (non-hydrogen) atoms. The number of sulfonamides is 1. The van der Waals surface area contributed by atoms with Crippen LogP contribution in [0.2, 0.25) is 0 Å². The summed E-state index contributed by atoms with van der Waals surface area (Å²) in [4.78, 5) is 24.3. The number of carbonyl (C=O) groups excluding carboxylic acids is 2. The fourth-order valence-corrected chi connectivity index (χ4v) is 4.14. The maximum Gasteiger partial charge on any atom is 0.312 e. The minimum absolute atomic E-state index is 0.180. The number of nitrogens with one attached hydrogen (secondary N) is 1. The van der Waals surface area contributed by atoms with Crippen molar-refractivity contribution < 1.29 is 18.0 Å². The molecule has 0 aromatic heterocycles. The third-order valence-corrected chi connectivity index (χ3v) is 6.02. The number of aryl methyl sites for hydroxylation is 1. The molecule has 1 saturated heterocycles. The molecule has 1 aromatic rings. The quantitative estimate of drug-likeness (QED) is 0.743. The standard InChI is InChI=1S/C16H24N4O4S/c1-2-3-13-4-6-14(7-5-13)25(23,24)20-10-8-19(9-11-20)15(21)12-18-16(17)22/h4-7H,2-3,8-12H2,1H3,(H3,17,18,22). The minimum Gasteiger partial charge on any atom is -0.352 e. The van der Waals surface area contributed by atoms with Crippen LogP contribution in [0.15, 0.2) is 29.2 Å². The van der Waals surface area contributed by atoms with Crippen LogP contribution in [-0.4, -0.2) is 62.3 Å². The molecule has 0 aliphatic carbocycles. The van der Waals surface area contributed by atoms with Gasteiger partial charge in [-0.05, 0) is 24.1 Å². The average molecular weight is 368 g/mol. The molecular formula is C16H24N4O4S. The summed E-state index contributed by atoms with van der Waals surface area (Å²) in [6, 6.07) is 6.18. The normalized spacial score (nSPS) is 15.8. The summed E-state index contributed by atoms with van der Waals surface area (Å²) < 4.78 is 26.8. The van der Waals surface area contributed by atoms with Crippen molar-refractivity contribution in [2.24, 2.45) is 5.73 Å². The number of piperazine rings is 1. The van der Waals surface area contributed by atoms with Gasteiger partial charge >= 0.3 is 6.03 Å². The Kier molecular flexibility index (Phi) is 6.38. The van der Waals surface area contributed by atoms with E-state index in [1.165, 1.54) is 9.21 Å². The Bertz CT molecular complexity index is 710. The van der Waals surface area contributed by atoms with Gasteiger partial charge in [0.25, 0.3) is 0 Å². The van der Waals surface area contributed by atoms with Gasteiger partial charge in [-0.2, -0.15) is 4.31 Å². The van der Waals surface area contributed by atoms with Crippen LogP contribution in [0.25, 0.3) is 0 Å². The van der Waals surface area contributed by atoms with Crippen molar-refractivity contribution in [1.82, 2.24) is 14.5 Å². The number of amides is 3. The van der Waals surface area contributed by atoms with Crippen molar-refractivity contribution in [2.75, 3.05) is 32.7 Å². The Morgan fingerprint density at radius 1 is 1.12 bits per heavy atom. The van der Waals surface area contributed by atoms with E-state index in [4.69, 9.17) is 5.73 Å².